The van der Waals surface area contributed by atoms with Crippen molar-refractivity contribution >= 4 is 40.5 Å². The predicted molar refractivity (Wildman–Crippen MR) is 124 cm³/mol. The maximum atomic E-state index is 11.7. The molecule has 0 spiro atoms. The Morgan fingerprint density at radius 1 is 0.871 bits per heavy atom. The largest absolute Gasteiger partial charge is 0.493 e. The van der Waals surface area contributed by atoms with E-state index in [2.05, 4.69) is 10.6 Å². The van der Waals surface area contributed by atoms with Crippen molar-refractivity contribution in [2.75, 3.05) is 24.9 Å². The van der Waals surface area contributed by atoms with Crippen molar-refractivity contribution in [3.63, 3.8) is 0 Å². The van der Waals surface area contributed by atoms with E-state index in [0.717, 1.165) is 11.3 Å². The van der Waals surface area contributed by atoms with Gasteiger partial charge in [0.25, 0.3) is 0 Å². The van der Waals surface area contributed by atoms with Crippen LogP contribution in [0.1, 0.15) is 12.5 Å². The smallest absolute Gasteiger partial charge is 0.221 e. The van der Waals surface area contributed by atoms with Gasteiger partial charge in [0.2, 0.25) is 5.91 Å². The van der Waals surface area contributed by atoms with E-state index in [1.54, 1.807) is 38.5 Å². The van der Waals surface area contributed by atoms with Crippen LogP contribution in [-0.4, -0.2) is 20.1 Å². The van der Waals surface area contributed by atoms with Crippen LogP contribution in [-0.2, 0) is 11.3 Å². The third-order valence-corrected chi connectivity index (χ3v) is 4.92. The molecule has 0 saturated carbocycles. The minimum atomic E-state index is -0.186. The first kappa shape index (κ1) is 22.6. The second kappa shape index (κ2) is 10.3. The van der Waals surface area contributed by atoms with Gasteiger partial charge in [0.15, 0.2) is 17.2 Å². The quantitative estimate of drug-likeness (QED) is 0.408. The van der Waals surface area contributed by atoms with Crippen LogP contribution < -0.4 is 24.8 Å². The molecule has 0 aliphatic carbocycles. The molecule has 0 fully saturated rings. The van der Waals surface area contributed by atoms with Gasteiger partial charge in [-0.1, -0.05) is 35.3 Å². The summed E-state index contributed by atoms with van der Waals surface area (Å²) in [5.41, 5.74) is 2.18. The van der Waals surface area contributed by atoms with Crippen molar-refractivity contribution < 1.29 is 19.0 Å². The summed E-state index contributed by atoms with van der Waals surface area (Å²) in [5, 5.41) is 7.11. The average molecular weight is 461 g/mol. The number of benzene rings is 3. The summed E-state index contributed by atoms with van der Waals surface area (Å²) in [4.78, 5) is 11.7. The first-order chi connectivity index (χ1) is 14.9. The zero-order valence-electron chi connectivity index (χ0n) is 17.3. The number of halogens is 2. The molecule has 0 heterocycles. The highest BCUT2D eigenvalue weighted by Crippen LogP contribution is 2.37. The first-order valence-electron chi connectivity index (χ1n) is 9.39. The number of para-hydroxylation sites is 2. The van der Waals surface area contributed by atoms with Crippen molar-refractivity contribution in [1.82, 2.24) is 0 Å². The standard InChI is InChI=1S/C23H22Cl2N2O4/c1-14(28)27-19-12-23(30-3)22(29-2)10-15(19)13-26-18-6-4-5-7-21(18)31-20-9-8-16(24)11-17(20)25/h4-12,26H,13H2,1-3H3,(H,27,28). The third-order valence-electron chi connectivity index (χ3n) is 4.39. The lowest BCUT2D eigenvalue weighted by atomic mass is 10.1. The Bertz CT molecular complexity index is 1090. The van der Waals surface area contributed by atoms with Gasteiger partial charge in [-0.05, 0) is 42.0 Å². The van der Waals surface area contributed by atoms with Crippen LogP contribution in [0.2, 0.25) is 10.0 Å². The molecule has 3 aromatic carbocycles. The van der Waals surface area contributed by atoms with Crippen LogP contribution in [0.25, 0.3) is 0 Å². The summed E-state index contributed by atoms with van der Waals surface area (Å²) in [5.74, 6) is 1.98. The molecule has 0 radical (unpaired) electrons. The number of hydrogen-bond donors (Lipinski definition) is 2. The number of amides is 1. The van der Waals surface area contributed by atoms with E-state index in [0.29, 0.717) is 45.3 Å². The van der Waals surface area contributed by atoms with Gasteiger partial charge >= 0.3 is 0 Å². The molecule has 0 unspecified atom stereocenters. The van der Waals surface area contributed by atoms with Gasteiger partial charge in [-0.25, -0.2) is 0 Å². The number of anilines is 2. The summed E-state index contributed by atoms with van der Waals surface area (Å²) in [6.07, 6.45) is 0. The Balaban J connectivity index is 1.86. The molecule has 3 rings (SSSR count). The summed E-state index contributed by atoms with van der Waals surface area (Å²) < 4.78 is 16.7. The predicted octanol–water partition coefficient (Wildman–Crippen LogP) is 6.37. The van der Waals surface area contributed by atoms with E-state index >= 15 is 0 Å². The second-order valence-electron chi connectivity index (χ2n) is 6.57. The van der Waals surface area contributed by atoms with Gasteiger partial charge in [0, 0.05) is 30.2 Å². The Hall–Kier alpha value is -3.09. The summed E-state index contributed by atoms with van der Waals surface area (Å²) in [6, 6.07) is 16.1. The minimum Gasteiger partial charge on any atom is -0.493 e. The highest BCUT2D eigenvalue weighted by Gasteiger charge is 2.14. The summed E-state index contributed by atoms with van der Waals surface area (Å²) >= 11 is 12.2. The Kier molecular flexibility index (Phi) is 7.50. The highest BCUT2D eigenvalue weighted by atomic mass is 35.5. The SMILES string of the molecule is COc1cc(CNc2ccccc2Oc2ccc(Cl)cc2Cl)c(NC(C)=O)cc1OC. The van der Waals surface area contributed by atoms with Crippen molar-refractivity contribution in [2.45, 2.75) is 13.5 Å². The molecule has 162 valence electrons. The van der Waals surface area contributed by atoms with Crippen LogP contribution >= 0.6 is 23.2 Å². The normalized spacial score (nSPS) is 10.4. The number of ether oxygens (including phenoxy) is 3. The lowest BCUT2D eigenvalue weighted by Crippen LogP contribution is -2.11. The fraction of sp³-hybridized carbons (Fsp3) is 0.174. The zero-order chi connectivity index (χ0) is 22.4. The molecular formula is C23H22Cl2N2O4. The minimum absolute atomic E-state index is 0.186. The number of nitrogens with one attached hydrogen (secondary N) is 2. The summed E-state index contributed by atoms with van der Waals surface area (Å²) in [6.45, 7) is 1.84. The monoisotopic (exact) mass is 460 g/mol. The second-order valence-corrected chi connectivity index (χ2v) is 7.42. The molecule has 6 nitrogen and oxygen atoms in total. The van der Waals surface area contributed by atoms with Crippen LogP contribution in [0.4, 0.5) is 11.4 Å². The van der Waals surface area contributed by atoms with Gasteiger partial charge < -0.3 is 24.8 Å². The van der Waals surface area contributed by atoms with Crippen LogP contribution in [0.5, 0.6) is 23.0 Å². The molecule has 0 aliphatic rings. The van der Waals surface area contributed by atoms with E-state index < -0.39 is 0 Å². The lowest BCUT2D eigenvalue weighted by molar-refractivity contribution is -0.114. The zero-order valence-corrected chi connectivity index (χ0v) is 18.8. The van der Waals surface area contributed by atoms with E-state index in [9.17, 15) is 4.79 Å². The molecule has 1 amide bonds. The Morgan fingerprint density at radius 2 is 1.58 bits per heavy atom. The number of carbonyl (C=O) groups is 1. The van der Waals surface area contributed by atoms with Gasteiger partial charge in [-0.2, -0.15) is 0 Å². The van der Waals surface area contributed by atoms with Crippen LogP contribution in [0.15, 0.2) is 54.6 Å². The van der Waals surface area contributed by atoms with E-state index in [1.807, 2.05) is 30.3 Å². The first-order valence-corrected chi connectivity index (χ1v) is 10.1. The van der Waals surface area contributed by atoms with Gasteiger partial charge in [0.05, 0.1) is 24.9 Å². The van der Waals surface area contributed by atoms with Crippen molar-refractivity contribution in [3.05, 3.63) is 70.2 Å². The molecule has 0 aromatic heterocycles. The lowest BCUT2D eigenvalue weighted by Gasteiger charge is -2.17. The maximum absolute atomic E-state index is 11.7. The van der Waals surface area contributed by atoms with E-state index in [-0.39, 0.29) is 5.91 Å². The molecule has 2 N–H and O–H groups in total. The Morgan fingerprint density at radius 3 is 2.26 bits per heavy atom. The molecule has 0 aliphatic heterocycles. The van der Waals surface area contributed by atoms with E-state index in [1.165, 1.54) is 6.92 Å². The van der Waals surface area contributed by atoms with Crippen molar-refractivity contribution in [3.8, 4) is 23.0 Å². The number of carbonyl (C=O) groups excluding carboxylic acids is 1. The number of hydrogen-bond acceptors (Lipinski definition) is 5. The van der Waals surface area contributed by atoms with Crippen molar-refractivity contribution in [2.24, 2.45) is 0 Å². The Labute approximate surface area is 191 Å². The fourth-order valence-corrected chi connectivity index (χ4v) is 3.39. The van der Waals surface area contributed by atoms with Crippen LogP contribution in [0, 0.1) is 0 Å². The molecular weight excluding hydrogens is 439 g/mol. The fourth-order valence-electron chi connectivity index (χ4n) is 2.94. The van der Waals surface area contributed by atoms with Gasteiger partial charge in [0.1, 0.15) is 5.75 Å². The molecule has 8 heteroatoms. The maximum Gasteiger partial charge on any atom is 0.221 e. The highest BCUT2D eigenvalue weighted by molar-refractivity contribution is 6.35. The molecule has 31 heavy (non-hydrogen) atoms. The summed E-state index contributed by atoms with van der Waals surface area (Å²) in [7, 11) is 3.11. The van der Waals surface area contributed by atoms with Crippen LogP contribution in [0.3, 0.4) is 0 Å². The molecule has 0 saturated heterocycles. The molecule has 3 aromatic rings. The third kappa shape index (κ3) is 5.75. The van der Waals surface area contributed by atoms with Gasteiger partial charge in [-0.15, -0.1) is 0 Å². The number of methoxy groups -OCH3 is 2. The van der Waals surface area contributed by atoms with Gasteiger partial charge in [-0.3, -0.25) is 4.79 Å². The average Bonchev–Trinajstić information content (AvgIpc) is 2.74. The molecule has 0 atom stereocenters. The topological polar surface area (TPSA) is 68.8 Å². The molecule has 0 bridgehead atoms. The van der Waals surface area contributed by atoms with E-state index in [4.69, 9.17) is 37.4 Å². The van der Waals surface area contributed by atoms with Crippen molar-refractivity contribution in [1.29, 1.82) is 0 Å². The number of rotatable bonds is 8.